The normalized spacial score (nSPS) is 23.5. The third-order valence-electron chi connectivity index (χ3n) is 5.37. The van der Waals surface area contributed by atoms with E-state index >= 15 is 0 Å². The summed E-state index contributed by atoms with van der Waals surface area (Å²) in [6.45, 7) is 14.2. The highest BCUT2D eigenvalue weighted by Crippen LogP contribution is 2.38. The highest BCUT2D eigenvalue weighted by molar-refractivity contribution is 6.74. The van der Waals surface area contributed by atoms with Crippen LogP contribution < -0.4 is 5.32 Å². The summed E-state index contributed by atoms with van der Waals surface area (Å²) in [5.74, 6) is 0.770. The Morgan fingerprint density at radius 2 is 1.86 bits per heavy atom. The molecule has 0 aromatic heterocycles. The predicted octanol–water partition coefficient (Wildman–Crippen LogP) is 4.54. The molecule has 4 heteroatoms. The molecule has 2 rings (SSSR count). The largest absolute Gasteiger partial charge is 0.416 e. The third-order valence-corrected chi connectivity index (χ3v) is 9.87. The van der Waals surface area contributed by atoms with E-state index in [9.17, 15) is 4.39 Å². The van der Waals surface area contributed by atoms with Crippen LogP contribution in [0.4, 0.5) is 4.39 Å². The van der Waals surface area contributed by atoms with Gasteiger partial charge in [-0.1, -0.05) is 32.9 Å². The molecule has 1 aromatic rings. The predicted molar refractivity (Wildman–Crippen MR) is 93.3 cm³/mol. The Hall–Kier alpha value is -0.713. The van der Waals surface area contributed by atoms with E-state index in [0.717, 1.165) is 26.1 Å². The van der Waals surface area contributed by atoms with Crippen molar-refractivity contribution in [3.05, 3.63) is 35.6 Å². The van der Waals surface area contributed by atoms with Gasteiger partial charge in [0.1, 0.15) is 5.82 Å². The van der Waals surface area contributed by atoms with Crippen LogP contribution >= 0.6 is 0 Å². The van der Waals surface area contributed by atoms with E-state index in [4.69, 9.17) is 4.43 Å². The lowest BCUT2D eigenvalue weighted by atomic mass is 9.82. The van der Waals surface area contributed by atoms with Crippen LogP contribution in [0, 0.1) is 11.7 Å². The van der Waals surface area contributed by atoms with Gasteiger partial charge in [-0.25, -0.2) is 4.39 Å². The molecule has 22 heavy (non-hydrogen) atoms. The Morgan fingerprint density at radius 3 is 2.45 bits per heavy atom. The zero-order valence-electron chi connectivity index (χ0n) is 14.6. The second kappa shape index (κ2) is 6.81. The van der Waals surface area contributed by atoms with Crippen molar-refractivity contribution in [2.75, 3.05) is 19.7 Å². The summed E-state index contributed by atoms with van der Waals surface area (Å²) in [6, 6.07) is 7.02. The summed E-state index contributed by atoms with van der Waals surface area (Å²) in [5.41, 5.74) is 1.24. The van der Waals surface area contributed by atoms with E-state index in [0.29, 0.717) is 11.8 Å². The first-order chi connectivity index (χ1) is 10.2. The summed E-state index contributed by atoms with van der Waals surface area (Å²) in [4.78, 5) is 0. The minimum absolute atomic E-state index is 0.160. The monoisotopic (exact) mass is 323 g/mol. The van der Waals surface area contributed by atoms with Gasteiger partial charge in [0.25, 0.3) is 0 Å². The van der Waals surface area contributed by atoms with Crippen molar-refractivity contribution in [2.24, 2.45) is 5.92 Å². The molecule has 0 aliphatic carbocycles. The van der Waals surface area contributed by atoms with Crippen molar-refractivity contribution in [3.8, 4) is 0 Å². The van der Waals surface area contributed by atoms with Crippen LogP contribution in [0.2, 0.25) is 18.1 Å². The molecule has 1 saturated heterocycles. The number of rotatable bonds is 4. The lowest BCUT2D eigenvalue weighted by molar-refractivity contribution is 0.183. The number of hydrogen-bond acceptors (Lipinski definition) is 2. The van der Waals surface area contributed by atoms with Gasteiger partial charge in [0.2, 0.25) is 0 Å². The highest BCUT2D eigenvalue weighted by atomic mass is 28.4. The number of benzene rings is 1. The molecule has 1 N–H and O–H groups in total. The molecular weight excluding hydrogens is 293 g/mol. The molecule has 0 spiro atoms. The SMILES string of the molecule is CC(C)(C)[Si](C)(C)OC[C@@H]1CNCC[C@H]1c1ccc(F)cc1. The van der Waals surface area contributed by atoms with Crippen molar-refractivity contribution in [1.82, 2.24) is 5.32 Å². The summed E-state index contributed by atoms with van der Waals surface area (Å²) in [5, 5.41) is 3.72. The Labute approximate surface area is 135 Å². The maximum Gasteiger partial charge on any atom is 0.191 e. The van der Waals surface area contributed by atoms with Crippen molar-refractivity contribution >= 4 is 8.32 Å². The van der Waals surface area contributed by atoms with Gasteiger partial charge in [-0.2, -0.15) is 0 Å². The average Bonchev–Trinajstić information content (AvgIpc) is 2.45. The second-order valence-electron chi connectivity index (χ2n) is 7.98. The van der Waals surface area contributed by atoms with Crippen LogP contribution in [0.15, 0.2) is 24.3 Å². The van der Waals surface area contributed by atoms with Crippen LogP contribution in [0.3, 0.4) is 0 Å². The topological polar surface area (TPSA) is 21.3 Å². The Balaban J connectivity index is 2.06. The number of piperidine rings is 1. The maximum absolute atomic E-state index is 13.2. The summed E-state index contributed by atoms with van der Waals surface area (Å²) in [7, 11) is -1.72. The van der Waals surface area contributed by atoms with Crippen LogP contribution in [0.5, 0.6) is 0 Å². The van der Waals surface area contributed by atoms with Gasteiger partial charge in [-0.05, 0) is 54.7 Å². The summed E-state index contributed by atoms with van der Waals surface area (Å²) >= 11 is 0. The molecule has 1 aliphatic rings. The van der Waals surface area contributed by atoms with Crippen LogP contribution in [-0.2, 0) is 4.43 Å². The molecular formula is C18H30FNOSi. The van der Waals surface area contributed by atoms with E-state index in [1.54, 1.807) is 12.1 Å². The lowest BCUT2D eigenvalue weighted by Crippen LogP contribution is -2.45. The molecule has 1 fully saturated rings. The zero-order valence-corrected chi connectivity index (χ0v) is 15.6. The molecule has 2 nitrogen and oxygen atoms in total. The molecule has 0 unspecified atom stereocenters. The van der Waals surface area contributed by atoms with Crippen molar-refractivity contribution in [3.63, 3.8) is 0 Å². The highest BCUT2D eigenvalue weighted by Gasteiger charge is 2.38. The molecule has 0 saturated carbocycles. The van der Waals surface area contributed by atoms with Gasteiger partial charge in [0, 0.05) is 19.1 Å². The number of hydrogen-bond donors (Lipinski definition) is 1. The number of halogens is 1. The average molecular weight is 324 g/mol. The molecule has 0 amide bonds. The lowest BCUT2D eigenvalue weighted by Gasteiger charge is -2.40. The van der Waals surface area contributed by atoms with Crippen molar-refractivity contribution in [1.29, 1.82) is 0 Å². The minimum atomic E-state index is -1.72. The quantitative estimate of drug-likeness (QED) is 0.821. The fourth-order valence-corrected chi connectivity index (χ4v) is 3.84. The molecule has 0 radical (unpaired) electrons. The second-order valence-corrected chi connectivity index (χ2v) is 12.8. The summed E-state index contributed by atoms with van der Waals surface area (Å²) < 4.78 is 19.6. The van der Waals surface area contributed by atoms with E-state index in [-0.39, 0.29) is 10.9 Å². The first-order valence-electron chi connectivity index (χ1n) is 8.31. The van der Waals surface area contributed by atoms with E-state index in [1.165, 1.54) is 5.56 Å². The zero-order chi connectivity index (χ0) is 16.4. The van der Waals surface area contributed by atoms with Gasteiger partial charge in [-0.15, -0.1) is 0 Å². The van der Waals surface area contributed by atoms with Crippen LogP contribution in [-0.4, -0.2) is 28.0 Å². The Bertz CT molecular complexity index is 481. The van der Waals surface area contributed by atoms with E-state index < -0.39 is 8.32 Å². The number of nitrogens with one attached hydrogen (secondary N) is 1. The first-order valence-corrected chi connectivity index (χ1v) is 11.2. The van der Waals surface area contributed by atoms with Crippen LogP contribution in [0.25, 0.3) is 0 Å². The van der Waals surface area contributed by atoms with Gasteiger partial charge in [0.15, 0.2) is 8.32 Å². The molecule has 0 bridgehead atoms. The molecule has 1 aromatic carbocycles. The van der Waals surface area contributed by atoms with Crippen molar-refractivity contribution < 1.29 is 8.82 Å². The van der Waals surface area contributed by atoms with Gasteiger partial charge in [-0.3, -0.25) is 0 Å². The fraction of sp³-hybridized carbons (Fsp3) is 0.667. The van der Waals surface area contributed by atoms with Gasteiger partial charge >= 0.3 is 0 Å². The smallest absolute Gasteiger partial charge is 0.191 e. The molecule has 124 valence electrons. The first kappa shape index (κ1) is 17.6. The fourth-order valence-electron chi connectivity index (χ4n) is 2.78. The summed E-state index contributed by atoms with van der Waals surface area (Å²) in [6.07, 6.45) is 1.09. The molecule has 1 heterocycles. The molecule has 2 atom stereocenters. The minimum Gasteiger partial charge on any atom is -0.416 e. The van der Waals surface area contributed by atoms with Gasteiger partial charge in [0.05, 0.1) is 0 Å². The van der Waals surface area contributed by atoms with E-state index in [1.807, 2.05) is 12.1 Å². The Morgan fingerprint density at radius 1 is 1.23 bits per heavy atom. The third kappa shape index (κ3) is 4.18. The Kier molecular flexibility index (Phi) is 5.46. The van der Waals surface area contributed by atoms with Gasteiger partial charge < -0.3 is 9.74 Å². The maximum atomic E-state index is 13.2. The standard InChI is InChI=1S/C18H30FNOSi/c1-18(2,3)22(4,5)21-13-15-12-20-11-10-17(15)14-6-8-16(19)9-7-14/h6-9,15,17,20H,10-13H2,1-5H3/t15-,17-/m0/s1. The van der Waals surface area contributed by atoms with Crippen LogP contribution in [0.1, 0.15) is 38.7 Å². The van der Waals surface area contributed by atoms with Crippen molar-refractivity contribution in [2.45, 2.75) is 51.2 Å². The molecule has 1 aliphatic heterocycles. The van der Waals surface area contributed by atoms with E-state index in [2.05, 4.69) is 39.2 Å².